The molecule has 2 aromatic rings. The molecule has 2 heterocycles. The van der Waals surface area contributed by atoms with E-state index in [4.69, 9.17) is 11.6 Å². The number of hydrogen-bond donors (Lipinski definition) is 0. The van der Waals surface area contributed by atoms with Gasteiger partial charge in [-0.05, 0) is 37.1 Å². The number of likely N-dealkylation sites (tertiary alicyclic amines) is 1. The maximum Gasteiger partial charge on any atom is 0.228 e. The highest BCUT2D eigenvalue weighted by molar-refractivity contribution is 6.30. The largest absolute Gasteiger partial charge is 0.368 e. The second-order valence-electron chi connectivity index (χ2n) is 8.28. The predicted octanol–water partition coefficient (Wildman–Crippen LogP) is 3.91. The molecule has 30 heavy (non-hydrogen) atoms. The monoisotopic (exact) mass is 425 g/mol. The lowest BCUT2D eigenvalue weighted by molar-refractivity contribution is -0.136. The third-order valence-electron chi connectivity index (χ3n) is 6.36. The van der Waals surface area contributed by atoms with Crippen molar-refractivity contribution in [2.45, 2.75) is 26.3 Å². The van der Waals surface area contributed by atoms with Gasteiger partial charge in [-0.1, -0.05) is 48.0 Å². The van der Waals surface area contributed by atoms with Gasteiger partial charge in [0.1, 0.15) is 0 Å². The lowest BCUT2D eigenvalue weighted by Gasteiger charge is -2.38. The molecule has 2 fully saturated rings. The summed E-state index contributed by atoms with van der Waals surface area (Å²) < 4.78 is 0. The molecule has 2 amide bonds. The number of aryl methyl sites for hydroxylation is 1. The van der Waals surface area contributed by atoms with E-state index in [0.29, 0.717) is 26.1 Å². The summed E-state index contributed by atoms with van der Waals surface area (Å²) in [6, 6.07) is 15.9. The number of amides is 2. The fourth-order valence-corrected chi connectivity index (χ4v) is 4.70. The molecule has 0 spiro atoms. The topological polar surface area (TPSA) is 43.9 Å². The zero-order chi connectivity index (χ0) is 21.3. The molecule has 5 nitrogen and oxygen atoms in total. The fourth-order valence-electron chi connectivity index (χ4n) is 4.53. The lowest BCUT2D eigenvalue weighted by Crippen LogP contribution is -2.50. The lowest BCUT2D eigenvalue weighted by atomic mass is 10.1. The minimum absolute atomic E-state index is 0.0147. The number of carbonyl (C=O) groups excluding carboxylic acids is 2. The van der Waals surface area contributed by atoms with Gasteiger partial charge in [0.15, 0.2) is 0 Å². The number of piperazine rings is 1. The maximum absolute atomic E-state index is 13.1. The highest BCUT2D eigenvalue weighted by Gasteiger charge is 2.39. The summed E-state index contributed by atoms with van der Waals surface area (Å²) in [4.78, 5) is 31.8. The zero-order valence-electron chi connectivity index (χ0n) is 17.6. The molecule has 0 bridgehead atoms. The summed E-state index contributed by atoms with van der Waals surface area (Å²) >= 11 is 6.17. The predicted molar refractivity (Wildman–Crippen MR) is 120 cm³/mol. The summed E-state index contributed by atoms with van der Waals surface area (Å²) in [7, 11) is 0. The molecule has 0 N–H and O–H groups in total. The van der Waals surface area contributed by atoms with Crippen LogP contribution >= 0.6 is 11.6 Å². The first-order valence-electron chi connectivity index (χ1n) is 10.6. The average molecular weight is 426 g/mol. The van der Waals surface area contributed by atoms with Crippen molar-refractivity contribution in [2.75, 3.05) is 37.6 Å². The van der Waals surface area contributed by atoms with Crippen LogP contribution in [0.25, 0.3) is 0 Å². The number of anilines is 1. The summed E-state index contributed by atoms with van der Waals surface area (Å²) in [5, 5.41) is 0.728. The van der Waals surface area contributed by atoms with Crippen LogP contribution in [-0.4, -0.2) is 54.3 Å². The molecule has 2 atom stereocenters. The third kappa shape index (κ3) is 4.17. The van der Waals surface area contributed by atoms with Crippen molar-refractivity contribution >= 4 is 29.1 Å². The van der Waals surface area contributed by atoms with Gasteiger partial charge in [0.05, 0.1) is 12.0 Å². The molecule has 0 aromatic heterocycles. The highest BCUT2D eigenvalue weighted by Crippen LogP contribution is 2.30. The van der Waals surface area contributed by atoms with Crippen molar-refractivity contribution in [2.24, 2.45) is 5.92 Å². The van der Waals surface area contributed by atoms with Gasteiger partial charge < -0.3 is 14.7 Å². The van der Waals surface area contributed by atoms with Crippen LogP contribution in [0.3, 0.4) is 0 Å². The quantitative estimate of drug-likeness (QED) is 0.746. The minimum Gasteiger partial charge on any atom is -0.368 e. The molecule has 158 valence electrons. The van der Waals surface area contributed by atoms with E-state index >= 15 is 0 Å². The van der Waals surface area contributed by atoms with Gasteiger partial charge in [0, 0.05) is 49.9 Å². The summed E-state index contributed by atoms with van der Waals surface area (Å²) in [6.45, 7) is 7.51. The highest BCUT2D eigenvalue weighted by atomic mass is 35.5. The van der Waals surface area contributed by atoms with Crippen molar-refractivity contribution < 1.29 is 9.59 Å². The van der Waals surface area contributed by atoms with Crippen LogP contribution in [0.1, 0.15) is 30.5 Å². The van der Waals surface area contributed by atoms with E-state index in [1.165, 1.54) is 5.56 Å². The van der Waals surface area contributed by atoms with Gasteiger partial charge in [-0.2, -0.15) is 0 Å². The molecule has 0 aliphatic carbocycles. The second-order valence-corrected chi connectivity index (χ2v) is 8.71. The van der Waals surface area contributed by atoms with Crippen LogP contribution in [0.4, 0.5) is 5.69 Å². The Kier molecular flexibility index (Phi) is 6.00. The Bertz CT molecular complexity index is 925. The fraction of sp³-hybridized carbons (Fsp3) is 0.417. The minimum atomic E-state index is -0.247. The van der Waals surface area contributed by atoms with E-state index in [0.717, 1.165) is 29.4 Å². The van der Waals surface area contributed by atoms with Crippen LogP contribution in [0.15, 0.2) is 48.5 Å². The number of halogens is 1. The molecule has 4 rings (SSSR count). The Morgan fingerprint density at radius 3 is 2.47 bits per heavy atom. The molecule has 0 radical (unpaired) electrons. The Hall–Kier alpha value is -2.53. The molecule has 6 heteroatoms. The van der Waals surface area contributed by atoms with Crippen LogP contribution < -0.4 is 4.90 Å². The van der Waals surface area contributed by atoms with Crippen molar-refractivity contribution in [3.05, 3.63) is 64.7 Å². The van der Waals surface area contributed by atoms with E-state index in [1.807, 2.05) is 65.3 Å². The molecule has 2 aliphatic rings. The van der Waals surface area contributed by atoms with Crippen molar-refractivity contribution in [1.29, 1.82) is 0 Å². The van der Waals surface area contributed by atoms with Gasteiger partial charge in [-0.15, -0.1) is 0 Å². The van der Waals surface area contributed by atoms with E-state index in [1.54, 1.807) is 0 Å². The van der Waals surface area contributed by atoms with E-state index in [2.05, 4.69) is 11.8 Å². The molecule has 2 aliphatic heterocycles. The Labute approximate surface area is 183 Å². The molecule has 0 unspecified atom stereocenters. The molecular formula is C24H28ClN3O2. The first kappa shape index (κ1) is 20.7. The van der Waals surface area contributed by atoms with Crippen LogP contribution in [-0.2, 0) is 9.59 Å². The zero-order valence-corrected chi connectivity index (χ0v) is 18.3. The summed E-state index contributed by atoms with van der Waals surface area (Å²) in [5.74, 6) is -0.0745. The molecule has 0 saturated carbocycles. The number of benzene rings is 2. The Morgan fingerprint density at radius 1 is 1.07 bits per heavy atom. The normalized spacial score (nSPS) is 20.6. The summed E-state index contributed by atoms with van der Waals surface area (Å²) in [5.41, 5.74) is 3.42. The van der Waals surface area contributed by atoms with E-state index in [-0.39, 0.29) is 23.8 Å². The van der Waals surface area contributed by atoms with E-state index in [9.17, 15) is 9.59 Å². The van der Waals surface area contributed by atoms with Gasteiger partial charge in [-0.25, -0.2) is 0 Å². The smallest absolute Gasteiger partial charge is 0.228 e. The molecule has 2 saturated heterocycles. The Morgan fingerprint density at radius 2 is 1.77 bits per heavy atom. The number of carbonyl (C=O) groups is 2. The van der Waals surface area contributed by atoms with Crippen molar-refractivity contribution in [3.63, 3.8) is 0 Å². The van der Waals surface area contributed by atoms with Crippen LogP contribution in [0.5, 0.6) is 0 Å². The van der Waals surface area contributed by atoms with Crippen molar-refractivity contribution in [1.82, 2.24) is 9.80 Å². The number of nitrogens with zero attached hydrogens (tertiary/aromatic N) is 3. The second kappa shape index (κ2) is 8.68. The van der Waals surface area contributed by atoms with Gasteiger partial charge >= 0.3 is 0 Å². The van der Waals surface area contributed by atoms with E-state index < -0.39 is 0 Å². The SMILES string of the molecule is Cc1ccc(Cl)cc1N1CCN(C(=O)[C@@H]2CC(=O)N([C@@H](C)c3ccccc3)C2)CC1. The number of hydrogen-bond acceptors (Lipinski definition) is 3. The third-order valence-corrected chi connectivity index (χ3v) is 6.60. The first-order chi connectivity index (χ1) is 14.4. The maximum atomic E-state index is 13.1. The molecule has 2 aromatic carbocycles. The Balaban J connectivity index is 1.37. The van der Waals surface area contributed by atoms with Crippen molar-refractivity contribution in [3.8, 4) is 0 Å². The first-order valence-corrected chi connectivity index (χ1v) is 11.0. The van der Waals surface area contributed by atoms with Gasteiger partial charge in [0.2, 0.25) is 11.8 Å². The number of rotatable bonds is 4. The van der Waals surface area contributed by atoms with Gasteiger partial charge in [0.25, 0.3) is 0 Å². The molecular weight excluding hydrogens is 398 g/mol. The summed E-state index contributed by atoms with van der Waals surface area (Å²) in [6.07, 6.45) is 0.309. The van der Waals surface area contributed by atoms with Crippen LogP contribution in [0, 0.1) is 12.8 Å². The standard InChI is InChI=1S/C24H28ClN3O2/c1-17-8-9-21(25)15-22(17)26-10-12-27(13-11-26)24(30)20-14-23(29)28(16-20)18(2)19-6-4-3-5-7-19/h3-9,15,18,20H,10-14,16H2,1-2H3/t18-,20+/m0/s1. The average Bonchev–Trinajstić information content (AvgIpc) is 3.16. The van der Waals surface area contributed by atoms with Gasteiger partial charge in [-0.3, -0.25) is 9.59 Å². The van der Waals surface area contributed by atoms with Crippen LogP contribution in [0.2, 0.25) is 5.02 Å².